The number of amides is 1. The van der Waals surface area contributed by atoms with E-state index in [0.717, 1.165) is 37.2 Å². The van der Waals surface area contributed by atoms with Gasteiger partial charge in [-0.2, -0.15) is 0 Å². The Hall–Kier alpha value is -2.49. The predicted molar refractivity (Wildman–Crippen MR) is 117 cm³/mol. The highest BCUT2D eigenvalue weighted by Crippen LogP contribution is 2.12. The van der Waals surface area contributed by atoms with Gasteiger partial charge >= 0.3 is 6.09 Å². The van der Waals surface area contributed by atoms with Crippen molar-refractivity contribution in [2.75, 3.05) is 13.2 Å². The minimum absolute atomic E-state index is 0.323. The average Bonchev–Trinajstić information content (AvgIpc) is 2.77. The van der Waals surface area contributed by atoms with Gasteiger partial charge in [0.05, 0.1) is 6.61 Å². The van der Waals surface area contributed by atoms with E-state index in [4.69, 9.17) is 9.47 Å². The third-order valence-electron chi connectivity index (χ3n) is 4.76. The summed E-state index contributed by atoms with van der Waals surface area (Å²) in [5.41, 5.74) is 1.00. The van der Waals surface area contributed by atoms with Gasteiger partial charge in [-0.1, -0.05) is 87.4 Å². The van der Waals surface area contributed by atoms with Gasteiger partial charge in [-0.05, 0) is 36.6 Å². The molecule has 0 spiro atoms. The Balaban J connectivity index is 1.30. The first-order valence-electron chi connectivity index (χ1n) is 10.9. The number of hydrogen-bond donors (Lipinski definition) is 1. The molecular formula is C25H34NO3. The van der Waals surface area contributed by atoms with E-state index in [-0.39, 0.29) is 6.09 Å². The molecule has 0 heterocycles. The number of carbonyl (C=O) groups excluding carboxylic acids is 1. The van der Waals surface area contributed by atoms with Gasteiger partial charge in [0.2, 0.25) is 0 Å². The summed E-state index contributed by atoms with van der Waals surface area (Å²) in [5, 5.41) is 2.82. The molecule has 0 aliphatic carbocycles. The zero-order valence-electron chi connectivity index (χ0n) is 17.4. The number of ether oxygens (including phenoxy) is 2. The van der Waals surface area contributed by atoms with Gasteiger partial charge in [0, 0.05) is 6.54 Å². The fourth-order valence-electron chi connectivity index (χ4n) is 3.09. The van der Waals surface area contributed by atoms with Gasteiger partial charge in [-0.3, -0.25) is 0 Å². The van der Waals surface area contributed by atoms with Crippen molar-refractivity contribution in [2.45, 2.75) is 64.4 Å². The fourth-order valence-corrected chi connectivity index (χ4v) is 3.09. The van der Waals surface area contributed by atoms with Crippen molar-refractivity contribution >= 4 is 6.09 Å². The van der Waals surface area contributed by atoms with E-state index < -0.39 is 0 Å². The Morgan fingerprint density at radius 3 is 2.10 bits per heavy atom. The highest BCUT2D eigenvalue weighted by Gasteiger charge is 2.01. The molecule has 2 rings (SSSR count). The lowest BCUT2D eigenvalue weighted by Gasteiger charge is -2.07. The van der Waals surface area contributed by atoms with E-state index in [1.165, 1.54) is 38.5 Å². The van der Waals surface area contributed by atoms with Crippen LogP contribution in [0.25, 0.3) is 0 Å². The number of nitrogens with one attached hydrogen (secondary N) is 1. The molecule has 0 aliphatic heterocycles. The normalized spacial score (nSPS) is 10.5. The molecule has 1 N–H and O–H groups in total. The molecule has 0 aliphatic rings. The van der Waals surface area contributed by atoms with Crippen LogP contribution in [-0.2, 0) is 11.3 Å². The SMILES string of the molecule is O=C(NCCCCCCCCCCCOc1cc[c]cc1)OCc1ccccc1. The zero-order chi connectivity index (χ0) is 20.4. The van der Waals surface area contributed by atoms with Gasteiger partial charge in [0.25, 0.3) is 0 Å². The lowest BCUT2D eigenvalue weighted by atomic mass is 10.1. The number of rotatable bonds is 15. The van der Waals surface area contributed by atoms with E-state index >= 15 is 0 Å². The van der Waals surface area contributed by atoms with E-state index in [1.807, 2.05) is 54.6 Å². The Morgan fingerprint density at radius 2 is 1.41 bits per heavy atom. The summed E-state index contributed by atoms with van der Waals surface area (Å²) in [7, 11) is 0. The Bertz CT molecular complexity index is 646. The number of benzene rings is 2. The Morgan fingerprint density at radius 1 is 0.793 bits per heavy atom. The van der Waals surface area contributed by atoms with E-state index in [1.54, 1.807) is 0 Å². The molecule has 2 aromatic carbocycles. The van der Waals surface area contributed by atoms with E-state index in [0.29, 0.717) is 13.2 Å². The molecule has 0 bridgehead atoms. The van der Waals surface area contributed by atoms with Crippen LogP contribution in [0.1, 0.15) is 63.4 Å². The largest absolute Gasteiger partial charge is 0.494 e. The van der Waals surface area contributed by atoms with Crippen LogP contribution in [-0.4, -0.2) is 19.2 Å². The van der Waals surface area contributed by atoms with Crippen LogP contribution in [0.4, 0.5) is 4.79 Å². The topological polar surface area (TPSA) is 47.6 Å². The highest BCUT2D eigenvalue weighted by molar-refractivity contribution is 5.67. The summed E-state index contributed by atoms with van der Waals surface area (Å²) in [6, 6.07) is 20.4. The zero-order valence-corrected chi connectivity index (χ0v) is 17.4. The molecule has 157 valence electrons. The lowest BCUT2D eigenvalue weighted by molar-refractivity contribution is 0.139. The van der Waals surface area contributed by atoms with Crippen LogP contribution < -0.4 is 10.1 Å². The van der Waals surface area contributed by atoms with Crippen molar-refractivity contribution in [3.63, 3.8) is 0 Å². The lowest BCUT2D eigenvalue weighted by Crippen LogP contribution is -2.25. The summed E-state index contributed by atoms with van der Waals surface area (Å²) in [5.74, 6) is 0.933. The Labute approximate surface area is 175 Å². The van der Waals surface area contributed by atoms with Gasteiger partial charge in [0.15, 0.2) is 0 Å². The molecule has 0 unspecified atom stereocenters. The van der Waals surface area contributed by atoms with Crippen LogP contribution in [0.15, 0.2) is 54.6 Å². The van der Waals surface area contributed by atoms with Crippen LogP contribution >= 0.6 is 0 Å². The molecule has 0 saturated heterocycles. The van der Waals surface area contributed by atoms with Crippen molar-refractivity contribution in [1.82, 2.24) is 5.32 Å². The van der Waals surface area contributed by atoms with Gasteiger partial charge in [0.1, 0.15) is 12.4 Å². The van der Waals surface area contributed by atoms with E-state index in [2.05, 4.69) is 11.4 Å². The third kappa shape index (κ3) is 11.8. The maximum atomic E-state index is 11.6. The molecule has 4 heteroatoms. The average molecular weight is 397 g/mol. The first kappa shape index (κ1) is 22.8. The van der Waals surface area contributed by atoms with Crippen LogP contribution in [0.3, 0.4) is 0 Å². The number of hydrogen-bond acceptors (Lipinski definition) is 3. The second-order valence-corrected chi connectivity index (χ2v) is 7.25. The number of alkyl carbamates (subject to hydrolysis) is 1. The maximum Gasteiger partial charge on any atom is 0.407 e. The van der Waals surface area contributed by atoms with Gasteiger partial charge in [-0.25, -0.2) is 4.79 Å². The van der Waals surface area contributed by atoms with Gasteiger partial charge in [-0.15, -0.1) is 0 Å². The Kier molecular flexibility index (Phi) is 12.1. The van der Waals surface area contributed by atoms with Crippen LogP contribution in [0.5, 0.6) is 5.75 Å². The monoisotopic (exact) mass is 396 g/mol. The van der Waals surface area contributed by atoms with Crippen LogP contribution in [0, 0.1) is 6.07 Å². The summed E-state index contributed by atoms with van der Waals surface area (Å²) in [6.45, 7) is 1.81. The van der Waals surface area contributed by atoms with Crippen LogP contribution in [0.2, 0.25) is 0 Å². The second kappa shape index (κ2) is 15.4. The fraction of sp³-hybridized carbons (Fsp3) is 0.480. The predicted octanol–water partition coefficient (Wildman–Crippen LogP) is 6.30. The molecule has 0 atom stereocenters. The molecule has 4 nitrogen and oxygen atoms in total. The van der Waals surface area contributed by atoms with Crippen molar-refractivity contribution < 1.29 is 14.3 Å². The minimum Gasteiger partial charge on any atom is -0.494 e. The number of carbonyl (C=O) groups is 1. The number of unbranched alkanes of at least 4 members (excludes halogenated alkanes) is 8. The summed E-state index contributed by atoms with van der Waals surface area (Å²) < 4.78 is 10.9. The van der Waals surface area contributed by atoms with Crippen molar-refractivity contribution in [2.24, 2.45) is 0 Å². The van der Waals surface area contributed by atoms with Crippen molar-refractivity contribution in [1.29, 1.82) is 0 Å². The summed E-state index contributed by atoms with van der Waals surface area (Å²) in [4.78, 5) is 11.6. The minimum atomic E-state index is -0.330. The van der Waals surface area contributed by atoms with Crippen molar-refractivity contribution in [3.05, 3.63) is 66.2 Å². The molecule has 1 amide bonds. The summed E-state index contributed by atoms with van der Waals surface area (Å²) in [6.07, 6.45) is 10.6. The second-order valence-electron chi connectivity index (χ2n) is 7.25. The molecule has 2 aromatic rings. The molecule has 0 aromatic heterocycles. The third-order valence-corrected chi connectivity index (χ3v) is 4.76. The van der Waals surface area contributed by atoms with Crippen molar-refractivity contribution in [3.8, 4) is 5.75 Å². The standard InChI is InChI=1S/C25H34NO3/c27-25(29-22-23-16-10-8-11-17-23)26-20-14-6-4-2-1-3-5-7-15-21-28-24-18-12-9-13-19-24/h8,10-13,16-19H,1-7,14-15,20-22H2,(H,26,27). The van der Waals surface area contributed by atoms with Gasteiger partial charge < -0.3 is 14.8 Å². The molecular weight excluding hydrogens is 362 g/mol. The molecule has 1 radical (unpaired) electrons. The molecule has 29 heavy (non-hydrogen) atoms. The smallest absolute Gasteiger partial charge is 0.407 e. The first-order valence-corrected chi connectivity index (χ1v) is 10.9. The highest BCUT2D eigenvalue weighted by atomic mass is 16.5. The molecule has 0 fully saturated rings. The maximum absolute atomic E-state index is 11.6. The van der Waals surface area contributed by atoms with E-state index in [9.17, 15) is 4.79 Å². The molecule has 0 saturated carbocycles. The quantitative estimate of drug-likeness (QED) is 0.359. The summed E-state index contributed by atoms with van der Waals surface area (Å²) >= 11 is 0. The first-order chi connectivity index (χ1) is 14.3.